The van der Waals surface area contributed by atoms with E-state index in [0.29, 0.717) is 18.2 Å². The van der Waals surface area contributed by atoms with E-state index >= 15 is 0 Å². The van der Waals surface area contributed by atoms with E-state index in [-0.39, 0.29) is 0 Å². The second kappa shape index (κ2) is 5.15. The molecule has 0 saturated carbocycles. The highest BCUT2D eigenvalue weighted by Crippen LogP contribution is 2.09. The third-order valence-electron chi connectivity index (χ3n) is 2.37. The number of hydrogen-bond acceptors (Lipinski definition) is 5. The van der Waals surface area contributed by atoms with Crippen LogP contribution in [0.15, 0.2) is 30.3 Å². The molecule has 5 nitrogen and oxygen atoms in total. The fourth-order valence-electron chi connectivity index (χ4n) is 1.59. The fourth-order valence-corrected chi connectivity index (χ4v) is 1.59. The third-order valence-corrected chi connectivity index (χ3v) is 2.37. The lowest BCUT2D eigenvalue weighted by molar-refractivity contribution is 1.02. The van der Waals surface area contributed by atoms with E-state index in [1.165, 1.54) is 0 Å². The summed E-state index contributed by atoms with van der Waals surface area (Å²) < 4.78 is 0. The van der Waals surface area contributed by atoms with Crippen LogP contribution in [0.1, 0.15) is 17.0 Å². The molecular formula is C13H13N5. The van der Waals surface area contributed by atoms with Gasteiger partial charge in [-0.25, -0.2) is 9.97 Å². The number of aromatic nitrogens is 2. The van der Waals surface area contributed by atoms with Crippen LogP contribution in [-0.2, 0) is 6.54 Å². The van der Waals surface area contributed by atoms with Crippen molar-refractivity contribution in [2.75, 3.05) is 11.1 Å². The van der Waals surface area contributed by atoms with Crippen LogP contribution in [0.25, 0.3) is 0 Å². The smallest absolute Gasteiger partial charge is 0.224 e. The third kappa shape index (κ3) is 2.95. The van der Waals surface area contributed by atoms with Crippen LogP contribution in [0.3, 0.4) is 0 Å². The molecule has 0 bridgehead atoms. The first-order chi connectivity index (χ1) is 8.67. The number of aryl methyl sites for hydroxylation is 1. The van der Waals surface area contributed by atoms with Crippen molar-refractivity contribution >= 4 is 11.6 Å². The first kappa shape index (κ1) is 11.9. The number of nitrogen functional groups attached to an aromatic ring is 1. The van der Waals surface area contributed by atoms with E-state index < -0.39 is 0 Å². The van der Waals surface area contributed by atoms with Crippen molar-refractivity contribution in [1.29, 1.82) is 5.26 Å². The molecule has 18 heavy (non-hydrogen) atoms. The predicted octanol–water partition coefficient (Wildman–Crippen LogP) is 1.85. The Bertz CT molecular complexity index is 601. The van der Waals surface area contributed by atoms with Gasteiger partial charge in [-0.1, -0.05) is 12.1 Å². The predicted molar refractivity (Wildman–Crippen MR) is 69.7 cm³/mol. The van der Waals surface area contributed by atoms with Crippen LogP contribution in [0.2, 0.25) is 0 Å². The summed E-state index contributed by atoms with van der Waals surface area (Å²) in [6, 6.07) is 11.2. The monoisotopic (exact) mass is 239 g/mol. The molecule has 0 saturated heterocycles. The maximum absolute atomic E-state index is 8.82. The minimum Gasteiger partial charge on any atom is -0.399 e. The summed E-state index contributed by atoms with van der Waals surface area (Å²) in [6.07, 6.45) is 0. The molecule has 0 atom stereocenters. The molecule has 0 radical (unpaired) electrons. The van der Waals surface area contributed by atoms with Gasteiger partial charge < -0.3 is 11.1 Å². The zero-order valence-electron chi connectivity index (χ0n) is 10.0. The quantitative estimate of drug-likeness (QED) is 0.798. The highest BCUT2D eigenvalue weighted by molar-refractivity contribution is 5.42. The number of anilines is 2. The number of nitrogens with one attached hydrogen (secondary N) is 1. The Kier molecular flexibility index (Phi) is 3.39. The molecule has 0 aliphatic rings. The molecule has 1 aromatic carbocycles. The highest BCUT2D eigenvalue weighted by Gasteiger charge is 2.01. The van der Waals surface area contributed by atoms with Gasteiger partial charge in [0, 0.05) is 17.9 Å². The van der Waals surface area contributed by atoms with Gasteiger partial charge in [0.05, 0.1) is 0 Å². The fraction of sp³-hybridized carbons (Fsp3) is 0.154. The van der Waals surface area contributed by atoms with Gasteiger partial charge in [0.1, 0.15) is 11.8 Å². The van der Waals surface area contributed by atoms with Gasteiger partial charge >= 0.3 is 0 Å². The molecule has 1 aromatic heterocycles. The normalized spacial score (nSPS) is 9.78. The van der Waals surface area contributed by atoms with Gasteiger partial charge in [0.15, 0.2) is 0 Å². The van der Waals surface area contributed by atoms with Crippen molar-refractivity contribution in [3.63, 3.8) is 0 Å². The summed E-state index contributed by atoms with van der Waals surface area (Å²) in [5, 5.41) is 11.9. The molecule has 0 aliphatic carbocycles. The minimum absolute atomic E-state index is 0.359. The lowest BCUT2D eigenvalue weighted by Gasteiger charge is -2.06. The van der Waals surface area contributed by atoms with Gasteiger partial charge in [-0.3, -0.25) is 0 Å². The van der Waals surface area contributed by atoms with E-state index in [0.717, 1.165) is 16.9 Å². The summed E-state index contributed by atoms with van der Waals surface area (Å²) in [5.74, 6) is 0.453. The van der Waals surface area contributed by atoms with Gasteiger partial charge in [-0.2, -0.15) is 5.26 Å². The van der Waals surface area contributed by atoms with Crippen LogP contribution >= 0.6 is 0 Å². The summed E-state index contributed by atoms with van der Waals surface area (Å²) in [6.45, 7) is 2.40. The van der Waals surface area contributed by atoms with Crippen LogP contribution in [0, 0.1) is 18.3 Å². The van der Waals surface area contributed by atoms with Crippen molar-refractivity contribution in [3.8, 4) is 6.07 Å². The molecule has 0 fully saturated rings. The molecular weight excluding hydrogens is 226 g/mol. The van der Waals surface area contributed by atoms with Gasteiger partial charge in [0.2, 0.25) is 5.95 Å². The largest absolute Gasteiger partial charge is 0.399 e. The molecule has 2 aromatic rings. The number of rotatable bonds is 3. The first-order valence-corrected chi connectivity index (χ1v) is 5.51. The Morgan fingerprint density at radius 2 is 2.17 bits per heavy atom. The Morgan fingerprint density at radius 1 is 1.33 bits per heavy atom. The van der Waals surface area contributed by atoms with Crippen molar-refractivity contribution < 1.29 is 0 Å². The molecule has 0 spiro atoms. The number of nitriles is 1. The van der Waals surface area contributed by atoms with Gasteiger partial charge in [-0.15, -0.1) is 0 Å². The zero-order chi connectivity index (χ0) is 13.0. The summed E-state index contributed by atoms with van der Waals surface area (Å²) in [4.78, 5) is 8.29. The Balaban J connectivity index is 2.11. The van der Waals surface area contributed by atoms with Crippen LogP contribution in [-0.4, -0.2) is 9.97 Å². The van der Waals surface area contributed by atoms with E-state index in [2.05, 4.69) is 15.3 Å². The Hall–Kier alpha value is -2.61. The van der Waals surface area contributed by atoms with Crippen molar-refractivity contribution in [2.24, 2.45) is 0 Å². The molecule has 5 heteroatoms. The summed E-state index contributed by atoms with van der Waals surface area (Å²) >= 11 is 0. The maximum Gasteiger partial charge on any atom is 0.224 e. The second-order valence-corrected chi connectivity index (χ2v) is 3.93. The molecule has 90 valence electrons. The van der Waals surface area contributed by atoms with Crippen molar-refractivity contribution in [1.82, 2.24) is 9.97 Å². The van der Waals surface area contributed by atoms with Crippen LogP contribution in [0.5, 0.6) is 0 Å². The van der Waals surface area contributed by atoms with Gasteiger partial charge in [-0.05, 0) is 30.7 Å². The molecule has 1 heterocycles. The average Bonchev–Trinajstić information content (AvgIpc) is 2.36. The van der Waals surface area contributed by atoms with Crippen molar-refractivity contribution in [2.45, 2.75) is 13.5 Å². The van der Waals surface area contributed by atoms with E-state index in [1.54, 1.807) is 6.07 Å². The average molecular weight is 239 g/mol. The molecule has 0 aliphatic heterocycles. The maximum atomic E-state index is 8.82. The van der Waals surface area contributed by atoms with E-state index in [9.17, 15) is 0 Å². The molecule has 0 unspecified atom stereocenters. The van der Waals surface area contributed by atoms with E-state index in [1.807, 2.05) is 37.3 Å². The van der Waals surface area contributed by atoms with Crippen LogP contribution < -0.4 is 11.1 Å². The molecule has 3 N–H and O–H groups in total. The van der Waals surface area contributed by atoms with Gasteiger partial charge in [0.25, 0.3) is 0 Å². The SMILES string of the molecule is Cc1cc(C#N)nc(NCc2cccc(N)c2)n1. The van der Waals surface area contributed by atoms with Crippen LogP contribution in [0.4, 0.5) is 11.6 Å². The van der Waals surface area contributed by atoms with E-state index in [4.69, 9.17) is 11.0 Å². The molecule has 0 amide bonds. The Morgan fingerprint density at radius 3 is 2.89 bits per heavy atom. The highest BCUT2D eigenvalue weighted by atomic mass is 15.1. The Labute approximate surface area is 105 Å². The lowest BCUT2D eigenvalue weighted by Crippen LogP contribution is -2.05. The first-order valence-electron chi connectivity index (χ1n) is 5.51. The second-order valence-electron chi connectivity index (χ2n) is 3.93. The molecule has 2 rings (SSSR count). The topological polar surface area (TPSA) is 87.6 Å². The zero-order valence-corrected chi connectivity index (χ0v) is 10.0. The summed E-state index contributed by atoms with van der Waals surface area (Å²) in [5.41, 5.74) is 8.57. The summed E-state index contributed by atoms with van der Waals surface area (Å²) in [7, 11) is 0. The standard InChI is InChI=1S/C13H13N5/c1-9-5-12(7-14)18-13(17-9)16-8-10-3-2-4-11(15)6-10/h2-6H,8,15H2,1H3,(H,16,17,18). The number of nitrogens with zero attached hydrogens (tertiary/aromatic N) is 3. The number of benzene rings is 1. The lowest BCUT2D eigenvalue weighted by atomic mass is 10.2. The number of nitrogens with two attached hydrogens (primary N) is 1. The minimum atomic E-state index is 0.359. The van der Waals surface area contributed by atoms with Crippen molar-refractivity contribution in [3.05, 3.63) is 47.3 Å². The number of hydrogen-bond donors (Lipinski definition) is 2.